The minimum absolute atomic E-state index is 0.0758. The Kier molecular flexibility index (Phi) is 7.11. The fourth-order valence-corrected chi connectivity index (χ4v) is 4.91. The average molecular weight is 489 g/mol. The van der Waals surface area contributed by atoms with Gasteiger partial charge in [-0.2, -0.15) is 0 Å². The molecule has 3 heterocycles. The number of aryl methyl sites for hydroxylation is 2. The average Bonchev–Trinajstić information content (AvgIpc) is 3.53. The molecule has 1 fully saturated rings. The summed E-state index contributed by atoms with van der Waals surface area (Å²) in [4.78, 5) is 18.4. The number of benzene rings is 2. The third kappa shape index (κ3) is 5.47. The van der Waals surface area contributed by atoms with Crippen molar-refractivity contribution in [2.24, 2.45) is 0 Å². The lowest BCUT2D eigenvalue weighted by atomic mass is 10.0. The maximum atomic E-state index is 13.1. The van der Waals surface area contributed by atoms with Gasteiger partial charge in [0.1, 0.15) is 5.75 Å². The van der Waals surface area contributed by atoms with Crippen LogP contribution in [0.1, 0.15) is 40.9 Å². The molecule has 1 N–H and O–H groups in total. The van der Waals surface area contributed by atoms with Crippen LogP contribution in [-0.4, -0.2) is 49.9 Å². The quantitative estimate of drug-likeness (QED) is 0.385. The summed E-state index contributed by atoms with van der Waals surface area (Å²) in [5.41, 5.74) is 4.86. The SMILES string of the molecule is COc1ccc(CN(Cc2cc3cc(C)cc(C)c3[nH]c2=O)Cc2nnnn2C[C@@H]2CCCO2)cc1. The van der Waals surface area contributed by atoms with Crippen LogP contribution in [0.4, 0.5) is 0 Å². The van der Waals surface area contributed by atoms with Crippen LogP contribution in [0.2, 0.25) is 0 Å². The van der Waals surface area contributed by atoms with E-state index in [2.05, 4.69) is 44.5 Å². The van der Waals surface area contributed by atoms with Gasteiger partial charge in [0, 0.05) is 25.3 Å². The summed E-state index contributed by atoms with van der Waals surface area (Å²) in [6, 6.07) is 14.2. The third-order valence-electron chi connectivity index (χ3n) is 6.70. The topological polar surface area (TPSA) is 98.2 Å². The van der Waals surface area contributed by atoms with E-state index in [1.54, 1.807) is 7.11 Å². The molecule has 0 unspecified atom stereocenters. The number of tetrazole rings is 1. The summed E-state index contributed by atoms with van der Waals surface area (Å²) in [6.45, 7) is 7.09. The van der Waals surface area contributed by atoms with Gasteiger partial charge in [0.05, 0.1) is 31.8 Å². The maximum Gasteiger partial charge on any atom is 0.252 e. The van der Waals surface area contributed by atoms with Crippen LogP contribution in [0.15, 0.2) is 47.3 Å². The number of hydrogen-bond acceptors (Lipinski definition) is 7. The fourth-order valence-electron chi connectivity index (χ4n) is 4.91. The van der Waals surface area contributed by atoms with E-state index in [4.69, 9.17) is 9.47 Å². The molecule has 1 aliphatic rings. The van der Waals surface area contributed by atoms with Gasteiger partial charge in [-0.3, -0.25) is 9.69 Å². The second kappa shape index (κ2) is 10.6. The van der Waals surface area contributed by atoms with Crippen molar-refractivity contribution < 1.29 is 9.47 Å². The van der Waals surface area contributed by atoms with Crippen molar-refractivity contribution >= 4 is 10.9 Å². The Morgan fingerprint density at radius 3 is 2.72 bits per heavy atom. The lowest BCUT2D eigenvalue weighted by molar-refractivity contribution is 0.0914. The molecular weight excluding hydrogens is 456 g/mol. The molecule has 0 radical (unpaired) electrons. The van der Waals surface area contributed by atoms with Crippen LogP contribution in [0.3, 0.4) is 0 Å². The highest BCUT2D eigenvalue weighted by molar-refractivity contribution is 5.82. The molecule has 0 spiro atoms. The molecule has 0 amide bonds. The second-order valence-corrected chi connectivity index (χ2v) is 9.58. The first-order valence-electron chi connectivity index (χ1n) is 12.3. The Morgan fingerprint density at radius 1 is 1.14 bits per heavy atom. The van der Waals surface area contributed by atoms with Crippen molar-refractivity contribution in [1.29, 1.82) is 0 Å². The molecule has 4 aromatic rings. The second-order valence-electron chi connectivity index (χ2n) is 9.58. The number of methoxy groups -OCH3 is 1. The summed E-state index contributed by atoms with van der Waals surface area (Å²) in [6.07, 6.45) is 2.22. The van der Waals surface area contributed by atoms with E-state index in [1.165, 1.54) is 5.56 Å². The van der Waals surface area contributed by atoms with Gasteiger partial charge in [-0.15, -0.1) is 5.10 Å². The summed E-state index contributed by atoms with van der Waals surface area (Å²) in [7, 11) is 1.66. The zero-order valence-corrected chi connectivity index (χ0v) is 21.0. The highest BCUT2D eigenvalue weighted by Gasteiger charge is 2.21. The van der Waals surface area contributed by atoms with Gasteiger partial charge in [0.15, 0.2) is 5.82 Å². The van der Waals surface area contributed by atoms with Crippen molar-refractivity contribution in [3.05, 3.63) is 80.9 Å². The molecule has 0 saturated carbocycles. The molecule has 1 atom stereocenters. The summed E-state index contributed by atoms with van der Waals surface area (Å²) < 4.78 is 12.9. The van der Waals surface area contributed by atoms with E-state index in [1.807, 2.05) is 41.9 Å². The smallest absolute Gasteiger partial charge is 0.252 e. The standard InChI is InChI=1S/C27H32N6O3/c1-18-11-19(2)26-21(12-18)13-22(27(34)28-26)15-32(14-20-6-8-23(35-3)9-7-20)17-25-29-30-31-33(25)16-24-5-4-10-36-24/h6-9,11-13,24H,4-5,10,14-17H2,1-3H3,(H,28,34)/t24-/m0/s1. The van der Waals surface area contributed by atoms with E-state index in [0.29, 0.717) is 31.7 Å². The molecule has 5 rings (SSSR count). The van der Waals surface area contributed by atoms with Crippen LogP contribution in [0.5, 0.6) is 5.75 Å². The van der Waals surface area contributed by atoms with E-state index < -0.39 is 0 Å². The minimum Gasteiger partial charge on any atom is -0.497 e. The normalized spacial score (nSPS) is 15.7. The van der Waals surface area contributed by atoms with Gasteiger partial charge in [0.2, 0.25) is 0 Å². The monoisotopic (exact) mass is 488 g/mol. The van der Waals surface area contributed by atoms with Gasteiger partial charge in [-0.1, -0.05) is 23.8 Å². The maximum absolute atomic E-state index is 13.1. The molecule has 9 nitrogen and oxygen atoms in total. The molecule has 36 heavy (non-hydrogen) atoms. The van der Waals surface area contributed by atoms with Crippen LogP contribution in [0, 0.1) is 13.8 Å². The lowest BCUT2D eigenvalue weighted by Gasteiger charge is -2.22. The zero-order chi connectivity index (χ0) is 25.1. The van der Waals surface area contributed by atoms with Crippen molar-refractivity contribution in [3.63, 3.8) is 0 Å². The number of pyridine rings is 1. The molecule has 1 aliphatic heterocycles. The highest BCUT2D eigenvalue weighted by Crippen LogP contribution is 2.21. The first kappa shape index (κ1) is 24.1. The Hall–Kier alpha value is -3.56. The number of ether oxygens (including phenoxy) is 2. The Morgan fingerprint density at radius 2 is 1.97 bits per heavy atom. The number of aromatic nitrogens is 5. The number of rotatable bonds is 9. The first-order chi connectivity index (χ1) is 17.5. The van der Waals surface area contributed by atoms with Crippen LogP contribution >= 0.6 is 0 Å². The van der Waals surface area contributed by atoms with E-state index in [9.17, 15) is 4.79 Å². The largest absolute Gasteiger partial charge is 0.497 e. The summed E-state index contributed by atoms with van der Waals surface area (Å²) in [5, 5.41) is 13.5. The van der Waals surface area contributed by atoms with Crippen molar-refractivity contribution in [2.75, 3.05) is 13.7 Å². The highest BCUT2D eigenvalue weighted by atomic mass is 16.5. The molecule has 188 valence electrons. The van der Waals surface area contributed by atoms with E-state index in [0.717, 1.165) is 53.1 Å². The Bertz CT molecular complexity index is 1390. The number of hydrogen-bond donors (Lipinski definition) is 1. The lowest BCUT2D eigenvalue weighted by Crippen LogP contribution is -2.29. The number of H-pyrrole nitrogens is 1. The van der Waals surface area contributed by atoms with Gasteiger partial charge >= 0.3 is 0 Å². The summed E-state index contributed by atoms with van der Waals surface area (Å²) >= 11 is 0. The molecule has 0 bridgehead atoms. The molecule has 9 heteroatoms. The number of nitrogens with one attached hydrogen (secondary N) is 1. The van der Waals surface area contributed by atoms with Crippen molar-refractivity contribution in [2.45, 2.75) is 59.0 Å². The molecule has 1 saturated heterocycles. The molecule has 2 aromatic heterocycles. The Balaban J connectivity index is 1.44. The number of fused-ring (bicyclic) bond motifs is 1. The van der Waals surface area contributed by atoms with Gasteiger partial charge < -0.3 is 14.5 Å². The van der Waals surface area contributed by atoms with Crippen LogP contribution in [0.25, 0.3) is 10.9 Å². The van der Waals surface area contributed by atoms with Crippen LogP contribution in [-0.2, 0) is 30.9 Å². The zero-order valence-electron chi connectivity index (χ0n) is 21.0. The van der Waals surface area contributed by atoms with Crippen LogP contribution < -0.4 is 10.3 Å². The fraction of sp³-hybridized carbons (Fsp3) is 0.407. The van der Waals surface area contributed by atoms with Crippen molar-refractivity contribution in [3.8, 4) is 5.75 Å². The Labute approximate surface area is 210 Å². The van der Waals surface area contributed by atoms with E-state index in [-0.39, 0.29) is 11.7 Å². The number of nitrogens with zero attached hydrogens (tertiary/aromatic N) is 5. The third-order valence-corrected chi connectivity index (χ3v) is 6.70. The van der Waals surface area contributed by atoms with Gasteiger partial charge in [-0.05, 0) is 77.9 Å². The molecule has 2 aromatic carbocycles. The predicted octanol–water partition coefficient (Wildman–Crippen LogP) is 3.52. The van der Waals surface area contributed by atoms with Crippen molar-refractivity contribution in [1.82, 2.24) is 30.1 Å². The summed E-state index contributed by atoms with van der Waals surface area (Å²) in [5.74, 6) is 1.56. The minimum atomic E-state index is -0.0758. The first-order valence-corrected chi connectivity index (χ1v) is 12.3. The molecule has 0 aliphatic carbocycles. The van der Waals surface area contributed by atoms with Gasteiger partial charge in [-0.25, -0.2) is 4.68 Å². The van der Waals surface area contributed by atoms with Gasteiger partial charge in [0.25, 0.3) is 5.56 Å². The number of aromatic amines is 1. The van der Waals surface area contributed by atoms with E-state index >= 15 is 0 Å². The molecular formula is C27H32N6O3. The predicted molar refractivity (Wildman–Crippen MR) is 137 cm³/mol.